The number of hydrogen-bond donors (Lipinski definition) is 1. The van der Waals surface area contributed by atoms with Crippen LogP contribution in [0.4, 0.5) is 0 Å². The van der Waals surface area contributed by atoms with Crippen molar-refractivity contribution >= 4 is 0 Å². The predicted molar refractivity (Wildman–Crippen MR) is 49.9 cm³/mol. The van der Waals surface area contributed by atoms with Gasteiger partial charge in [0.25, 0.3) is 0 Å². The summed E-state index contributed by atoms with van der Waals surface area (Å²) < 4.78 is 0. The summed E-state index contributed by atoms with van der Waals surface area (Å²) in [6.45, 7) is 4.46. The molecule has 0 radical (unpaired) electrons. The molecule has 0 amide bonds. The Morgan fingerprint density at radius 2 is 1.92 bits per heavy atom. The lowest BCUT2D eigenvalue weighted by molar-refractivity contribution is -0.135. The van der Waals surface area contributed by atoms with Gasteiger partial charge in [-0.3, -0.25) is 0 Å². The third-order valence-electron chi connectivity index (χ3n) is 4.27. The van der Waals surface area contributed by atoms with Gasteiger partial charge in [-0.25, -0.2) is 0 Å². The maximum atomic E-state index is 10.4. The van der Waals surface area contributed by atoms with Crippen LogP contribution in [0.3, 0.4) is 0 Å². The molecule has 2 rings (SSSR count). The van der Waals surface area contributed by atoms with Crippen LogP contribution in [0.25, 0.3) is 0 Å². The molecule has 0 heterocycles. The number of rotatable bonds is 0. The minimum absolute atomic E-state index is 0.171. The second kappa shape index (κ2) is 2.47. The predicted octanol–water partition coefficient (Wildman–Crippen LogP) is 2.73. The summed E-state index contributed by atoms with van der Waals surface area (Å²) in [5.74, 6) is 0.830. The first-order valence-electron chi connectivity index (χ1n) is 5.26. The van der Waals surface area contributed by atoms with E-state index in [0.29, 0.717) is 0 Å². The normalized spacial score (nSPS) is 45.8. The molecule has 1 nitrogen and oxygen atoms in total. The Morgan fingerprint density at radius 3 is 2.58 bits per heavy atom. The van der Waals surface area contributed by atoms with Crippen LogP contribution < -0.4 is 0 Å². The Bertz CT molecular complexity index is 185. The lowest BCUT2D eigenvalue weighted by Crippen LogP contribution is -2.51. The third kappa shape index (κ3) is 1.10. The van der Waals surface area contributed by atoms with Crippen molar-refractivity contribution in [3.8, 4) is 0 Å². The highest BCUT2D eigenvalue weighted by Gasteiger charge is 2.49. The van der Waals surface area contributed by atoms with E-state index in [4.69, 9.17) is 0 Å². The van der Waals surface area contributed by atoms with E-state index in [2.05, 4.69) is 13.8 Å². The summed E-state index contributed by atoms with van der Waals surface area (Å²) in [7, 11) is 0. The fourth-order valence-corrected chi connectivity index (χ4v) is 3.02. The Kier molecular flexibility index (Phi) is 1.76. The van der Waals surface area contributed by atoms with E-state index >= 15 is 0 Å². The third-order valence-corrected chi connectivity index (χ3v) is 4.27. The van der Waals surface area contributed by atoms with Gasteiger partial charge in [0.05, 0.1) is 5.60 Å². The highest BCUT2D eigenvalue weighted by molar-refractivity contribution is 5.01. The SMILES string of the molecule is CC1(C)CCC2CCCC1(O)C2. The molecule has 2 fully saturated rings. The zero-order valence-corrected chi connectivity index (χ0v) is 8.27. The maximum Gasteiger partial charge on any atom is 0.0701 e. The van der Waals surface area contributed by atoms with E-state index in [1.165, 1.54) is 25.7 Å². The molecule has 1 heteroatoms. The first-order valence-corrected chi connectivity index (χ1v) is 5.26. The highest BCUT2D eigenvalue weighted by Crippen LogP contribution is 2.52. The molecular formula is C11H20O. The first-order chi connectivity index (χ1) is 5.54. The molecule has 0 aliphatic heterocycles. The van der Waals surface area contributed by atoms with E-state index in [-0.39, 0.29) is 11.0 Å². The van der Waals surface area contributed by atoms with Crippen molar-refractivity contribution in [1.29, 1.82) is 0 Å². The number of hydrogen-bond acceptors (Lipinski definition) is 1. The second-order valence-corrected chi connectivity index (χ2v) is 5.42. The van der Waals surface area contributed by atoms with Crippen LogP contribution in [0.1, 0.15) is 52.4 Å². The molecule has 2 aliphatic carbocycles. The van der Waals surface area contributed by atoms with E-state index in [1.807, 2.05) is 0 Å². The van der Waals surface area contributed by atoms with Gasteiger partial charge >= 0.3 is 0 Å². The van der Waals surface area contributed by atoms with Gasteiger partial charge in [0.1, 0.15) is 0 Å². The van der Waals surface area contributed by atoms with Gasteiger partial charge in [-0.15, -0.1) is 0 Å². The molecule has 2 aliphatic rings. The molecule has 0 aromatic carbocycles. The van der Waals surface area contributed by atoms with Crippen LogP contribution in [0.2, 0.25) is 0 Å². The van der Waals surface area contributed by atoms with Gasteiger partial charge < -0.3 is 5.11 Å². The maximum absolute atomic E-state index is 10.4. The molecule has 2 bridgehead atoms. The summed E-state index contributed by atoms with van der Waals surface area (Å²) in [4.78, 5) is 0. The zero-order valence-electron chi connectivity index (χ0n) is 8.27. The molecule has 1 N–H and O–H groups in total. The molecule has 2 unspecified atom stereocenters. The van der Waals surface area contributed by atoms with E-state index in [0.717, 1.165) is 18.8 Å². The van der Waals surface area contributed by atoms with Crippen LogP contribution in [0, 0.1) is 11.3 Å². The average molecular weight is 168 g/mol. The minimum atomic E-state index is -0.325. The second-order valence-electron chi connectivity index (χ2n) is 5.42. The van der Waals surface area contributed by atoms with Gasteiger partial charge in [0.15, 0.2) is 0 Å². The Morgan fingerprint density at radius 1 is 1.17 bits per heavy atom. The summed E-state index contributed by atoms with van der Waals surface area (Å²) in [6, 6.07) is 0. The Hall–Kier alpha value is -0.0400. The Labute approximate surface area is 75.2 Å². The number of aliphatic hydroxyl groups is 1. The average Bonchev–Trinajstić information content (AvgIpc) is 1.99. The molecule has 0 spiro atoms. The fourth-order valence-electron chi connectivity index (χ4n) is 3.02. The fraction of sp³-hybridized carbons (Fsp3) is 1.00. The van der Waals surface area contributed by atoms with Gasteiger partial charge in [-0.05, 0) is 37.0 Å². The van der Waals surface area contributed by atoms with E-state index in [9.17, 15) is 5.11 Å². The van der Waals surface area contributed by atoms with Crippen molar-refractivity contribution in [1.82, 2.24) is 0 Å². The quantitative estimate of drug-likeness (QED) is 0.589. The molecule has 0 aromatic heterocycles. The highest BCUT2D eigenvalue weighted by atomic mass is 16.3. The molecule has 12 heavy (non-hydrogen) atoms. The standard InChI is InChI=1S/C11H20O/c1-10(2)7-5-9-4-3-6-11(10,12)8-9/h9,12H,3-8H2,1-2H3. The molecule has 0 aromatic rings. The van der Waals surface area contributed by atoms with Gasteiger partial charge in [0.2, 0.25) is 0 Å². The Balaban J connectivity index is 2.22. The summed E-state index contributed by atoms with van der Waals surface area (Å²) in [5, 5.41) is 10.4. The molecule has 2 saturated carbocycles. The summed E-state index contributed by atoms with van der Waals surface area (Å²) in [5.41, 5.74) is -0.155. The molecule has 2 atom stereocenters. The van der Waals surface area contributed by atoms with Crippen LogP contribution in [0.15, 0.2) is 0 Å². The van der Waals surface area contributed by atoms with Crippen LogP contribution >= 0.6 is 0 Å². The summed E-state index contributed by atoms with van der Waals surface area (Å²) in [6.07, 6.45) is 7.27. The van der Waals surface area contributed by atoms with Crippen LogP contribution in [0.5, 0.6) is 0 Å². The van der Waals surface area contributed by atoms with Gasteiger partial charge in [-0.2, -0.15) is 0 Å². The van der Waals surface area contributed by atoms with Crippen molar-refractivity contribution < 1.29 is 5.11 Å². The van der Waals surface area contributed by atoms with Crippen molar-refractivity contribution in [3.05, 3.63) is 0 Å². The molecular weight excluding hydrogens is 148 g/mol. The lowest BCUT2D eigenvalue weighted by Gasteiger charge is -2.52. The summed E-state index contributed by atoms with van der Waals surface area (Å²) >= 11 is 0. The zero-order chi connectivity index (χ0) is 8.82. The topological polar surface area (TPSA) is 20.2 Å². The van der Waals surface area contributed by atoms with Gasteiger partial charge in [0, 0.05) is 0 Å². The van der Waals surface area contributed by atoms with E-state index in [1.54, 1.807) is 0 Å². The van der Waals surface area contributed by atoms with Crippen molar-refractivity contribution in [2.24, 2.45) is 11.3 Å². The van der Waals surface area contributed by atoms with Crippen molar-refractivity contribution in [2.45, 2.75) is 58.0 Å². The van der Waals surface area contributed by atoms with Gasteiger partial charge in [-0.1, -0.05) is 26.7 Å². The van der Waals surface area contributed by atoms with Crippen LogP contribution in [-0.4, -0.2) is 10.7 Å². The lowest BCUT2D eigenvalue weighted by atomic mass is 9.57. The van der Waals surface area contributed by atoms with E-state index < -0.39 is 0 Å². The van der Waals surface area contributed by atoms with Crippen molar-refractivity contribution in [2.75, 3.05) is 0 Å². The first kappa shape index (κ1) is 8.55. The molecule has 0 saturated heterocycles. The smallest absolute Gasteiger partial charge is 0.0701 e. The molecule has 70 valence electrons. The van der Waals surface area contributed by atoms with Crippen LogP contribution in [-0.2, 0) is 0 Å². The number of fused-ring (bicyclic) bond motifs is 2. The largest absolute Gasteiger partial charge is 0.389 e. The monoisotopic (exact) mass is 168 g/mol. The minimum Gasteiger partial charge on any atom is -0.389 e. The van der Waals surface area contributed by atoms with Crippen molar-refractivity contribution in [3.63, 3.8) is 0 Å².